The third-order valence-corrected chi connectivity index (χ3v) is 8.38. The lowest BCUT2D eigenvalue weighted by Crippen LogP contribution is -2.35. The van der Waals surface area contributed by atoms with Crippen LogP contribution in [0.25, 0.3) is 0 Å². The van der Waals surface area contributed by atoms with Crippen LogP contribution >= 0.6 is 38.5 Å². The second kappa shape index (κ2) is 5.36. The van der Waals surface area contributed by atoms with Gasteiger partial charge in [0.05, 0.1) is 5.75 Å². The molecule has 0 aliphatic carbocycles. The number of hydrogen-bond donors (Lipinski definition) is 0. The number of halogens is 2. The summed E-state index contributed by atoms with van der Waals surface area (Å²) in [6, 6.07) is 6.90. The molecule has 3 nitrogen and oxygen atoms in total. The summed E-state index contributed by atoms with van der Waals surface area (Å²) in [4.78, 5) is 12.2. The molecule has 0 saturated carbocycles. The topological polar surface area (TPSA) is 51.2 Å². The Morgan fingerprint density at radius 1 is 1.47 bits per heavy atom. The monoisotopic (exact) mass is 430 g/mol. The Kier molecular flexibility index (Phi) is 4.76. The van der Waals surface area contributed by atoms with Gasteiger partial charge in [-0.25, -0.2) is 8.42 Å². The fourth-order valence-electron chi connectivity index (χ4n) is 1.28. The molecule has 1 aromatic rings. The molecule has 0 aromatic heterocycles. The Morgan fingerprint density at radius 2 is 2.06 bits per heavy atom. The summed E-state index contributed by atoms with van der Waals surface area (Å²) in [5.41, 5.74) is 1.32. The van der Waals surface area contributed by atoms with Crippen molar-refractivity contribution in [3.63, 3.8) is 0 Å². The molecule has 6 heteroatoms. The van der Waals surface area contributed by atoms with Crippen LogP contribution in [0.1, 0.15) is 22.8 Å². The SMILES string of the molecule is CCS(=O)(=O)[C@@](Br)(I)C(=O)c1cccc(C)c1. The average Bonchev–Trinajstić information content (AvgIpc) is 2.27. The van der Waals surface area contributed by atoms with Gasteiger partial charge in [-0.05, 0) is 51.5 Å². The van der Waals surface area contributed by atoms with Gasteiger partial charge in [-0.1, -0.05) is 30.7 Å². The molecule has 0 amide bonds. The van der Waals surface area contributed by atoms with E-state index in [0.29, 0.717) is 5.56 Å². The maximum atomic E-state index is 12.2. The molecule has 0 bridgehead atoms. The maximum Gasteiger partial charge on any atom is 0.239 e. The summed E-state index contributed by atoms with van der Waals surface area (Å²) >= 11 is 4.68. The van der Waals surface area contributed by atoms with Crippen LogP contribution in [-0.2, 0) is 9.84 Å². The highest BCUT2D eigenvalue weighted by Gasteiger charge is 2.45. The molecule has 0 saturated heterocycles. The zero-order chi connectivity index (χ0) is 13.3. The first-order valence-electron chi connectivity index (χ1n) is 4.94. The molecule has 0 N–H and O–H groups in total. The van der Waals surface area contributed by atoms with E-state index in [2.05, 4.69) is 15.9 Å². The van der Waals surface area contributed by atoms with E-state index in [0.717, 1.165) is 5.56 Å². The van der Waals surface area contributed by atoms with Gasteiger partial charge in [0.2, 0.25) is 7.45 Å². The number of aryl methyl sites for hydroxylation is 1. The Morgan fingerprint density at radius 3 is 2.53 bits per heavy atom. The van der Waals surface area contributed by atoms with Crippen LogP contribution in [0.4, 0.5) is 0 Å². The Hall–Kier alpha value is 0.0500. The number of hydrogen-bond acceptors (Lipinski definition) is 3. The molecule has 0 aliphatic rings. The minimum Gasteiger partial charge on any atom is -0.290 e. The van der Waals surface area contributed by atoms with E-state index in [1.807, 2.05) is 13.0 Å². The van der Waals surface area contributed by atoms with Gasteiger partial charge in [0.1, 0.15) is 0 Å². The number of benzene rings is 1. The van der Waals surface area contributed by atoms with Gasteiger partial charge in [-0.2, -0.15) is 0 Å². The number of sulfone groups is 1. The van der Waals surface area contributed by atoms with Crippen molar-refractivity contribution < 1.29 is 13.2 Å². The zero-order valence-corrected chi connectivity index (χ0v) is 14.0. The predicted molar refractivity (Wildman–Crippen MR) is 80.6 cm³/mol. The summed E-state index contributed by atoms with van der Waals surface area (Å²) in [6.45, 7) is 3.38. The summed E-state index contributed by atoms with van der Waals surface area (Å²) < 4.78 is 22.1. The minimum absolute atomic E-state index is 0.0846. The lowest BCUT2D eigenvalue weighted by atomic mass is 10.1. The molecule has 17 heavy (non-hydrogen) atoms. The fourth-order valence-corrected chi connectivity index (χ4v) is 4.20. The molecule has 0 aliphatic heterocycles. The molecule has 0 fully saturated rings. The summed E-state index contributed by atoms with van der Waals surface area (Å²) in [7, 11) is -3.50. The summed E-state index contributed by atoms with van der Waals surface area (Å²) in [5, 5.41) is 0. The molecule has 0 spiro atoms. The molecule has 1 rings (SSSR count). The normalized spacial score (nSPS) is 15.3. The Labute approximate surface area is 123 Å². The van der Waals surface area contributed by atoms with Crippen LogP contribution in [-0.4, -0.2) is 21.6 Å². The van der Waals surface area contributed by atoms with Crippen molar-refractivity contribution in [1.29, 1.82) is 0 Å². The smallest absolute Gasteiger partial charge is 0.239 e. The van der Waals surface area contributed by atoms with Gasteiger partial charge >= 0.3 is 0 Å². The number of Topliss-reactive ketones (excluding diaryl/α,β-unsaturated/α-hetero) is 1. The van der Waals surface area contributed by atoms with Crippen LogP contribution in [0.3, 0.4) is 0 Å². The Balaban J connectivity index is 3.23. The molecule has 1 atom stereocenters. The second-order valence-electron chi connectivity index (χ2n) is 3.62. The number of rotatable bonds is 4. The van der Waals surface area contributed by atoms with Gasteiger partial charge in [0, 0.05) is 5.56 Å². The van der Waals surface area contributed by atoms with Crippen molar-refractivity contribution in [2.45, 2.75) is 15.5 Å². The number of carbonyl (C=O) groups is 1. The average molecular weight is 431 g/mol. The molecule has 1 aromatic carbocycles. The highest BCUT2D eigenvalue weighted by molar-refractivity contribution is 14.1. The Bertz CT molecular complexity index is 537. The van der Waals surface area contributed by atoms with Crippen molar-refractivity contribution in [3.8, 4) is 0 Å². The van der Waals surface area contributed by atoms with E-state index in [4.69, 9.17) is 0 Å². The van der Waals surface area contributed by atoms with E-state index in [-0.39, 0.29) is 5.75 Å². The molecule has 94 valence electrons. The van der Waals surface area contributed by atoms with Crippen LogP contribution in [0, 0.1) is 6.92 Å². The van der Waals surface area contributed by atoms with Gasteiger partial charge < -0.3 is 0 Å². The van der Waals surface area contributed by atoms with Crippen LogP contribution < -0.4 is 0 Å². The van der Waals surface area contributed by atoms with E-state index in [1.165, 1.54) is 6.92 Å². The molecule has 0 unspecified atom stereocenters. The number of carbonyl (C=O) groups excluding carboxylic acids is 1. The van der Waals surface area contributed by atoms with Gasteiger partial charge in [0.15, 0.2) is 9.84 Å². The first-order chi connectivity index (χ1) is 7.72. The maximum absolute atomic E-state index is 12.2. The summed E-state index contributed by atoms with van der Waals surface area (Å²) in [6.07, 6.45) is 0. The van der Waals surface area contributed by atoms with Crippen molar-refractivity contribution in [1.82, 2.24) is 0 Å². The first kappa shape index (κ1) is 15.1. The highest BCUT2D eigenvalue weighted by atomic mass is 127. The fraction of sp³-hybridized carbons (Fsp3) is 0.364. The second-order valence-corrected chi connectivity index (χ2v) is 11.6. The first-order valence-corrected chi connectivity index (χ1v) is 8.46. The molecular formula is C11H12BrIO3S. The van der Waals surface area contributed by atoms with E-state index in [9.17, 15) is 13.2 Å². The zero-order valence-electron chi connectivity index (χ0n) is 9.41. The number of alkyl halides is 2. The van der Waals surface area contributed by atoms with Crippen LogP contribution in [0.5, 0.6) is 0 Å². The third-order valence-electron chi connectivity index (χ3n) is 2.32. The molecule has 0 radical (unpaired) electrons. The lowest BCUT2D eigenvalue weighted by molar-refractivity contribution is 0.101. The van der Waals surface area contributed by atoms with Crippen molar-refractivity contribution >= 4 is 54.1 Å². The molecule has 0 heterocycles. The van der Waals surface area contributed by atoms with Gasteiger partial charge in [-0.15, -0.1) is 0 Å². The van der Waals surface area contributed by atoms with Crippen molar-refractivity contribution in [3.05, 3.63) is 35.4 Å². The van der Waals surface area contributed by atoms with Crippen molar-refractivity contribution in [2.75, 3.05) is 5.75 Å². The standard InChI is InChI=1S/C11H12BrIO3S/c1-3-17(15,16)11(12,13)10(14)9-6-4-5-8(2)7-9/h4-7H,3H2,1-2H3/t11-/m0/s1. The quantitative estimate of drug-likeness (QED) is 0.419. The van der Waals surface area contributed by atoms with E-state index >= 15 is 0 Å². The predicted octanol–water partition coefficient (Wildman–Crippen LogP) is 3.10. The lowest BCUT2D eigenvalue weighted by Gasteiger charge is -2.18. The van der Waals surface area contributed by atoms with Crippen LogP contribution in [0.15, 0.2) is 24.3 Å². The third kappa shape index (κ3) is 3.08. The minimum atomic E-state index is -3.50. The summed E-state index contributed by atoms with van der Waals surface area (Å²) in [5.74, 6) is -0.526. The van der Waals surface area contributed by atoms with Crippen LogP contribution in [0.2, 0.25) is 0 Å². The van der Waals surface area contributed by atoms with Crippen molar-refractivity contribution in [2.24, 2.45) is 0 Å². The van der Waals surface area contributed by atoms with Gasteiger partial charge in [-0.3, -0.25) is 4.79 Å². The van der Waals surface area contributed by atoms with E-state index in [1.54, 1.807) is 40.8 Å². The molecular weight excluding hydrogens is 419 g/mol. The van der Waals surface area contributed by atoms with Gasteiger partial charge in [0.25, 0.3) is 0 Å². The number of ketones is 1. The highest BCUT2D eigenvalue weighted by Crippen LogP contribution is 2.37. The van der Waals surface area contributed by atoms with E-state index < -0.39 is 17.3 Å². The largest absolute Gasteiger partial charge is 0.290 e.